The monoisotopic (exact) mass is 615 g/mol. The first-order valence-corrected chi connectivity index (χ1v) is 15.7. The van der Waals surface area contributed by atoms with E-state index in [1.54, 1.807) is 18.2 Å². The molecule has 1 aromatic heterocycles. The van der Waals surface area contributed by atoms with E-state index in [9.17, 15) is 23.2 Å². The van der Waals surface area contributed by atoms with Crippen molar-refractivity contribution in [3.63, 3.8) is 0 Å². The third kappa shape index (κ3) is 6.81. The van der Waals surface area contributed by atoms with Crippen LogP contribution < -0.4 is 9.47 Å². The van der Waals surface area contributed by atoms with E-state index in [1.165, 1.54) is 7.11 Å². The zero-order chi connectivity index (χ0) is 31.6. The molecule has 2 bridgehead atoms. The highest BCUT2D eigenvalue weighted by Crippen LogP contribution is 2.39. The number of nitrogens with zero attached hydrogens (tertiary/aromatic N) is 3. The van der Waals surface area contributed by atoms with E-state index in [-0.39, 0.29) is 30.9 Å². The number of aryl methyl sites for hydroxylation is 1. The summed E-state index contributed by atoms with van der Waals surface area (Å²) in [6, 6.07) is 3.85. The molecule has 44 heavy (non-hydrogen) atoms. The second-order valence-corrected chi connectivity index (χ2v) is 13.5. The van der Waals surface area contributed by atoms with Crippen molar-refractivity contribution in [2.45, 2.75) is 103 Å². The van der Waals surface area contributed by atoms with Gasteiger partial charge in [-0.1, -0.05) is 33.6 Å². The molecule has 0 spiro atoms. The zero-order valence-corrected chi connectivity index (χ0v) is 26.0. The average molecular weight is 616 g/mol. The summed E-state index contributed by atoms with van der Waals surface area (Å²) >= 11 is 0. The van der Waals surface area contributed by atoms with Crippen molar-refractivity contribution in [3.8, 4) is 11.6 Å². The highest BCUT2D eigenvalue weighted by molar-refractivity contribution is 5.87. The Balaban J connectivity index is 1.54. The van der Waals surface area contributed by atoms with Crippen molar-refractivity contribution >= 4 is 29.2 Å². The molecular formula is C33H43F2N3O6. The highest BCUT2D eigenvalue weighted by Gasteiger charge is 2.52. The smallest absolute Gasteiger partial charge is 0.306 e. The van der Waals surface area contributed by atoms with Crippen molar-refractivity contribution in [2.75, 3.05) is 13.7 Å². The molecule has 0 radical (unpaired) electrons. The van der Waals surface area contributed by atoms with Crippen molar-refractivity contribution in [1.29, 1.82) is 0 Å². The lowest BCUT2D eigenvalue weighted by Crippen LogP contribution is -2.47. The van der Waals surface area contributed by atoms with Gasteiger partial charge < -0.3 is 23.9 Å². The molecule has 6 atom stereocenters. The first-order valence-electron chi connectivity index (χ1n) is 15.7. The fourth-order valence-corrected chi connectivity index (χ4v) is 6.99. The quantitative estimate of drug-likeness (QED) is 0.327. The molecule has 2 aliphatic heterocycles. The number of rotatable bonds is 3. The van der Waals surface area contributed by atoms with Crippen LogP contribution in [0.1, 0.15) is 77.8 Å². The fraction of sp³-hybridized carbons (Fsp3) is 0.667. The van der Waals surface area contributed by atoms with Gasteiger partial charge >= 0.3 is 5.97 Å². The second kappa shape index (κ2) is 13.3. The van der Waals surface area contributed by atoms with E-state index in [0.29, 0.717) is 35.2 Å². The lowest BCUT2D eigenvalue weighted by atomic mass is 9.77. The zero-order valence-electron chi connectivity index (χ0n) is 26.0. The summed E-state index contributed by atoms with van der Waals surface area (Å²) < 4.78 is 46.8. The minimum atomic E-state index is -2.95. The van der Waals surface area contributed by atoms with Crippen LogP contribution in [0.3, 0.4) is 0 Å². The molecule has 1 amide bonds. The van der Waals surface area contributed by atoms with Crippen molar-refractivity contribution in [1.82, 2.24) is 14.9 Å². The number of aromatic nitrogens is 2. The number of ether oxygens (including phenoxy) is 3. The van der Waals surface area contributed by atoms with Crippen molar-refractivity contribution < 1.29 is 37.4 Å². The molecule has 3 aliphatic rings. The van der Waals surface area contributed by atoms with Crippen molar-refractivity contribution in [2.24, 2.45) is 23.2 Å². The minimum absolute atomic E-state index is 0.119. The summed E-state index contributed by atoms with van der Waals surface area (Å²) in [6.45, 7) is 5.22. The fourth-order valence-electron chi connectivity index (χ4n) is 6.99. The molecule has 2 aromatic rings. The number of halogens is 2. The minimum Gasteiger partial charge on any atom is -0.497 e. The second-order valence-electron chi connectivity index (χ2n) is 13.5. The third-order valence-corrected chi connectivity index (χ3v) is 9.52. The van der Waals surface area contributed by atoms with Crippen LogP contribution in [0.5, 0.6) is 11.6 Å². The molecule has 1 saturated carbocycles. The van der Waals surface area contributed by atoms with Gasteiger partial charge in [-0.15, -0.1) is 0 Å². The van der Waals surface area contributed by atoms with Crippen molar-refractivity contribution in [3.05, 3.63) is 23.9 Å². The number of alkyl halides is 2. The third-order valence-electron chi connectivity index (χ3n) is 9.52. The molecule has 1 aliphatic carbocycles. The molecule has 9 nitrogen and oxygen atoms in total. The maximum absolute atomic E-state index is 14.6. The lowest BCUT2D eigenvalue weighted by Gasteiger charge is -2.34. The van der Waals surface area contributed by atoms with Gasteiger partial charge in [0.2, 0.25) is 18.2 Å². The van der Waals surface area contributed by atoms with Crippen LogP contribution in [0, 0.1) is 23.2 Å². The van der Waals surface area contributed by atoms with Crippen LogP contribution in [-0.4, -0.2) is 71.4 Å². The molecule has 0 unspecified atom stereocenters. The van der Waals surface area contributed by atoms with Crippen LogP contribution in [-0.2, 0) is 25.5 Å². The number of amides is 1. The highest BCUT2D eigenvalue weighted by atomic mass is 19.3. The number of fused-ring (bicyclic) bond motifs is 5. The van der Waals surface area contributed by atoms with Gasteiger partial charge in [0.15, 0.2) is 0 Å². The summed E-state index contributed by atoms with van der Waals surface area (Å²) in [5, 5.41) is 0. The standard InChI is InChI=1S/C33H43F2N3O6/c1-33(2,3)21-16-28(40)43-26-12-8-10-19(26)9-6-5-7-11-23-31(37-24-15-20(42-4)13-14-22(24)36-23)44-27-17-38(32(21)41)25(18-39)29(27)30(34)35/h13-15,18-19,21,25-27,29-30H,5-12,16-17H2,1-4H3/t19-,21-,25-,26-,27+,29+/m1/s1. The van der Waals surface area contributed by atoms with Gasteiger partial charge in [0.1, 0.15) is 29.9 Å². The number of hydrogen-bond donors (Lipinski definition) is 0. The maximum atomic E-state index is 14.6. The maximum Gasteiger partial charge on any atom is 0.306 e. The molecule has 0 N–H and O–H groups in total. The van der Waals surface area contributed by atoms with Gasteiger partial charge in [0.25, 0.3) is 0 Å². The van der Waals surface area contributed by atoms with Gasteiger partial charge in [-0.3, -0.25) is 9.59 Å². The predicted octanol–water partition coefficient (Wildman–Crippen LogP) is 5.56. The summed E-state index contributed by atoms with van der Waals surface area (Å²) in [5.74, 6) is -2.52. The number of hydrogen-bond acceptors (Lipinski definition) is 8. The van der Waals surface area contributed by atoms with Gasteiger partial charge in [0, 0.05) is 6.07 Å². The average Bonchev–Trinajstić information content (AvgIpc) is 3.57. The van der Waals surface area contributed by atoms with Crippen LogP contribution in [0.25, 0.3) is 11.0 Å². The molecule has 5 rings (SSSR count). The Bertz CT molecular complexity index is 1370. The van der Waals surface area contributed by atoms with Crippen LogP contribution in [0.15, 0.2) is 18.2 Å². The Hall–Kier alpha value is -3.37. The number of methoxy groups -OCH3 is 1. The Kier molecular flexibility index (Phi) is 9.70. The van der Waals surface area contributed by atoms with E-state index < -0.39 is 47.7 Å². The number of carbonyl (C=O) groups is 3. The van der Waals surface area contributed by atoms with E-state index in [0.717, 1.165) is 49.8 Å². The largest absolute Gasteiger partial charge is 0.497 e. The first kappa shape index (κ1) is 32.0. The van der Waals surface area contributed by atoms with Crippen LogP contribution >= 0.6 is 0 Å². The van der Waals surface area contributed by atoms with E-state index in [2.05, 4.69) is 4.98 Å². The summed E-state index contributed by atoms with van der Waals surface area (Å²) in [6.07, 6.45) is 2.68. The number of aldehydes is 1. The Morgan fingerprint density at radius 1 is 1.00 bits per heavy atom. The summed E-state index contributed by atoms with van der Waals surface area (Å²) in [4.78, 5) is 50.3. The van der Waals surface area contributed by atoms with E-state index >= 15 is 0 Å². The van der Waals surface area contributed by atoms with Gasteiger partial charge in [-0.05, 0) is 62.0 Å². The number of carbonyl (C=O) groups excluding carboxylic acids is 3. The van der Waals surface area contributed by atoms with E-state index in [1.807, 2.05) is 20.8 Å². The Morgan fingerprint density at radius 2 is 1.77 bits per heavy atom. The molecule has 3 heterocycles. The Labute approximate surface area is 257 Å². The van der Waals surface area contributed by atoms with Crippen LogP contribution in [0.2, 0.25) is 0 Å². The number of esters is 1. The van der Waals surface area contributed by atoms with E-state index in [4.69, 9.17) is 19.2 Å². The first-order chi connectivity index (χ1) is 21.0. The molecule has 1 saturated heterocycles. The molecular weight excluding hydrogens is 572 g/mol. The lowest BCUT2D eigenvalue weighted by molar-refractivity contribution is -0.158. The predicted molar refractivity (Wildman–Crippen MR) is 159 cm³/mol. The Morgan fingerprint density at radius 3 is 2.48 bits per heavy atom. The van der Waals surface area contributed by atoms with Gasteiger partial charge in [-0.2, -0.15) is 0 Å². The molecule has 240 valence electrons. The SMILES string of the molecule is COc1ccc2nc3c(nc2c1)O[C@H]1CN(C(=O)[C@H](C(C)(C)C)CC(=O)O[C@@H]2CCC[C@H]2CCCCC3)[C@H](C=O)[C@@H]1C(F)F. The molecule has 11 heteroatoms. The van der Waals surface area contributed by atoms with Crippen LogP contribution in [0.4, 0.5) is 8.78 Å². The molecule has 1 aromatic carbocycles. The normalized spacial score (nSPS) is 28.9. The number of benzene rings is 1. The summed E-state index contributed by atoms with van der Waals surface area (Å²) in [5.41, 5.74) is 0.951. The topological polar surface area (TPSA) is 108 Å². The van der Waals surface area contributed by atoms with Gasteiger partial charge in [0.05, 0.1) is 49.0 Å². The molecule has 2 fully saturated rings. The summed E-state index contributed by atoms with van der Waals surface area (Å²) in [7, 11) is 1.54. The van der Waals surface area contributed by atoms with Gasteiger partial charge in [-0.25, -0.2) is 18.7 Å².